The standard InChI is InChI=1S/C77H140O6/c1-4-7-10-13-16-19-22-24-26-28-30-32-33-34-35-36-37-38-39-40-41-42-43-44-45-46-48-49-51-53-55-58-61-64-67-70-76(79)82-73-74(72-81-75(78)69-66-63-60-57-21-18-15-12-9-6-3)83-77(80)71-68-65-62-59-56-54-52-50-47-31-29-27-25-23-20-17-14-11-8-5-2/h7,10,12,15-16,19,24,26,30,32,74H,4-6,8-9,11,13-14,17-18,20-23,25,27-29,31,33-73H2,1-3H3/b10-7-,15-12-,19-16-,26-24-,32-30-. The molecule has 0 aromatic heterocycles. The highest BCUT2D eigenvalue weighted by atomic mass is 16.6. The molecule has 0 bridgehead atoms. The van der Waals surface area contributed by atoms with Crippen molar-refractivity contribution >= 4 is 17.9 Å². The highest BCUT2D eigenvalue weighted by Crippen LogP contribution is 2.19. The van der Waals surface area contributed by atoms with E-state index in [2.05, 4.69) is 81.5 Å². The molecule has 0 heterocycles. The van der Waals surface area contributed by atoms with Crippen molar-refractivity contribution in [1.29, 1.82) is 0 Å². The maximum absolute atomic E-state index is 12.9. The quantitative estimate of drug-likeness (QED) is 0.0261. The summed E-state index contributed by atoms with van der Waals surface area (Å²) in [7, 11) is 0. The normalized spacial score (nSPS) is 12.4. The second kappa shape index (κ2) is 71.6. The summed E-state index contributed by atoms with van der Waals surface area (Å²) in [4.78, 5) is 38.3. The van der Waals surface area contributed by atoms with E-state index >= 15 is 0 Å². The Balaban J connectivity index is 4.03. The second-order valence-electron chi connectivity index (χ2n) is 24.8. The zero-order valence-electron chi connectivity index (χ0n) is 55.7. The lowest BCUT2D eigenvalue weighted by molar-refractivity contribution is -0.167. The summed E-state index contributed by atoms with van der Waals surface area (Å²) in [6.07, 6.45) is 92.9. The van der Waals surface area contributed by atoms with E-state index in [1.807, 2.05) is 0 Å². The van der Waals surface area contributed by atoms with E-state index in [0.29, 0.717) is 19.3 Å². The first-order valence-corrected chi connectivity index (χ1v) is 36.8. The Morgan fingerprint density at radius 1 is 0.253 bits per heavy atom. The predicted octanol–water partition coefficient (Wildman–Crippen LogP) is 25.5. The van der Waals surface area contributed by atoms with E-state index in [9.17, 15) is 14.4 Å². The molecule has 6 heteroatoms. The van der Waals surface area contributed by atoms with Gasteiger partial charge in [-0.25, -0.2) is 0 Å². The van der Waals surface area contributed by atoms with Crippen molar-refractivity contribution in [3.63, 3.8) is 0 Å². The molecule has 6 nitrogen and oxygen atoms in total. The third-order valence-corrected chi connectivity index (χ3v) is 16.5. The number of hydrogen-bond acceptors (Lipinski definition) is 6. The number of carbonyl (C=O) groups excluding carboxylic acids is 3. The minimum atomic E-state index is -0.773. The molecule has 484 valence electrons. The van der Waals surface area contributed by atoms with Gasteiger partial charge in [-0.1, -0.05) is 358 Å². The van der Waals surface area contributed by atoms with E-state index in [1.54, 1.807) is 0 Å². The van der Waals surface area contributed by atoms with Gasteiger partial charge in [0, 0.05) is 19.3 Å². The van der Waals surface area contributed by atoms with Gasteiger partial charge in [-0.15, -0.1) is 0 Å². The highest BCUT2D eigenvalue weighted by molar-refractivity contribution is 5.71. The van der Waals surface area contributed by atoms with Gasteiger partial charge in [0.25, 0.3) is 0 Å². The molecule has 0 aromatic carbocycles. The van der Waals surface area contributed by atoms with Gasteiger partial charge in [-0.3, -0.25) is 14.4 Å². The summed E-state index contributed by atoms with van der Waals surface area (Å²) >= 11 is 0. The van der Waals surface area contributed by atoms with E-state index < -0.39 is 6.10 Å². The summed E-state index contributed by atoms with van der Waals surface area (Å²) < 4.78 is 17.0. The minimum absolute atomic E-state index is 0.0698. The summed E-state index contributed by atoms with van der Waals surface area (Å²) in [6.45, 7) is 6.53. The van der Waals surface area contributed by atoms with Crippen molar-refractivity contribution in [1.82, 2.24) is 0 Å². The Hall–Kier alpha value is -2.89. The Morgan fingerprint density at radius 3 is 0.795 bits per heavy atom. The minimum Gasteiger partial charge on any atom is -0.462 e. The molecule has 1 unspecified atom stereocenters. The molecular formula is C77H140O6. The first-order valence-electron chi connectivity index (χ1n) is 36.8. The molecule has 0 spiro atoms. The van der Waals surface area contributed by atoms with Crippen LogP contribution in [-0.2, 0) is 28.6 Å². The number of rotatable bonds is 68. The van der Waals surface area contributed by atoms with Crippen molar-refractivity contribution < 1.29 is 28.6 Å². The van der Waals surface area contributed by atoms with Gasteiger partial charge < -0.3 is 14.2 Å². The fraction of sp³-hybridized carbons (Fsp3) is 0.831. The van der Waals surface area contributed by atoms with Crippen LogP contribution < -0.4 is 0 Å². The SMILES string of the molecule is CC/C=C\C/C=C\C/C=C\C/C=C\CCCCCCCCCCCCCCCCCCCCCCCCC(=O)OCC(COC(=O)CCCCCCC/C=C\CCC)OC(=O)CCCCCCCCCCCCCCCCCCCCCC. The molecule has 0 saturated heterocycles. The average Bonchev–Trinajstić information content (AvgIpc) is 3.49. The van der Waals surface area contributed by atoms with Gasteiger partial charge in [0.15, 0.2) is 6.10 Å². The molecule has 83 heavy (non-hydrogen) atoms. The van der Waals surface area contributed by atoms with Crippen molar-refractivity contribution in [2.24, 2.45) is 0 Å². The molecule has 0 aliphatic heterocycles. The number of esters is 3. The molecular weight excluding hydrogens is 1020 g/mol. The Bertz CT molecular complexity index is 1470. The highest BCUT2D eigenvalue weighted by Gasteiger charge is 2.19. The van der Waals surface area contributed by atoms with Crippen LogP contribution in [0, 0.1) is 0 Å². The Morgan fingerprint density at radius 2 is 0.494 bits per heavy atom. The monoisotopic (exact) mass is 1160 g/mol. The number of ether oxygens (including phenoxy) is 3. The summed E-state index contributed by atoms with van der Waals surface area (Å²) in [5, 5.41) is 0. The van der Waals surface area contributed by atoms with Crippen molar-refractivity contribution in [2.75, 3.05) is 13.2 Å². The van der Waals surface area contributed by atoms with Crippen molar-refractivity contribution in [3.8, 4) is 0 Å². The summed E-state index contributed by atoms with van der Waals surface area (Å²) in [6, 6.07) is 0. The largest absolute Gasteiger partial charge is 0.462 e. The molecule has 1 atom stereocenters. The second-order valence-corrected chi connectivity index (χ2v) is 24.8. The van der Waals surface area contributed by atoms with Gasteiger partial charge in [0.05, 0.1) is 0 Å². The lowest BCUT2D eigenvalue weighted by Crippen LogP contribution is -2.30. The number of unbranched alkanes of at least 4 members (excludes halogenated alkanes) is 47. The van der Waals surface area contributed by atoms with E-state index in [-0.39, 0.29) is 31.1 Å². The Labute approximate surface area is 517 Å². The lowest BCUT2D eigenvalue weighted by atomic mass is 10.0. The first-order chi connectivity index (χ1) is 41.0. The third kappa shape index (κ3) is 69.8. The topological polar surface area (TPSA) is 78.9 Å². The smallest absolute Gasteiger partial charge is 0.306 e. The van der Waals surface area contributed by atoms with Crippen LogP contribution in [0.3, 0.4) is 0 Å². The molecule has 0 aliphatic carbocycles. The van der Waals surface area contributed by atoms with Gasteiger partial charge in [-0.05, 0) is 77.0 Å². The fourth-order valence-electron chi connectivity index (χ4n) is 11.0. The van der Waals surface area contributed by atoms with Crippen LogP contribution in [-0.4, -0.2) is 37.2 Å². The van der Waals surface area contributed by atoms with Crippen LogP contribution in [0.1, 0.15) is 393 Å². The van der Waals surface area contributed by atoms with E-state index in [0.717, 1.165) is 96.3 Å². The number of allylic oxidation sites excluding steroid dienone is 10. The van der Waals surface area contributed by atoms with Crippen LogP contribution in [0.25, 0.3) is 0 Å². The Kier molecular flexibility index (Phi) is 69.1. The fourth-order valence-corrected chi connectivity index (χ4v) is 11.0. The first kappa shape index (κ1) is 80.1. The molecule has 0 amide bonds. The number of hydrogen-bond donors (Lipinski definition) is 0. The van der Waals surface area contributed by atoms with Crippen LogP contribution in [0.5, 0.6) is 0 Å². The van der Waals surface area contributed by atoms with Crippen molar-refractivity contribution in [3.05, 3.63) is 60.8 Å². The van der Waals surface area contributed by atoms with Crippen molar-refractivity contribution in [2.45, 2.75) is 399 Å². The van der Waals surface area contributed by atoms with Gasteiger partial charge in [0.2, 0.25) is 0 Å². The maximum Gasteiger partial charge on any atom is 0.306 e. The third-order valence-electron chi connectivity index (χ3n) is 16.5. The molecule has 0 radical (unpaired) electrons. The lowest BCUT2D eigenvalue weighted by Gasteiger charge is -2.18. The summed E-state index contributed by atoms with van der Waals surface area (Å²) in [5.41, 5.74) is 0. The van der Waals surface area contributed by atoms with E-state index in [4.69, 9.17) is 14.2 Å². The molecule has 0 aromatic rings. The van der Waals surface area contributed by atoms with Crippen LogP contribution in [0.4, 0.5) is 0 Å². The zero-order chi connectivity index (χ0) is 59.9. The summed E-state index contributed by atoms with van der Waals surface area (Å²) in [5.74, 6) is -0.853. The van der Waals surface area contributed by atoms with Gasteiger partial charge in [0.1, 0.15) is 13.2 Å². The zero-order valence-corrected chi connectivity index (χ0v) is 55.7. The van der Waals surface area contributed by atoms with Crippen LogP contribution >= 0.6 is 0 Å². The molecule has 0 saturated carbocycles. The predicted molar refractivity (Wildman–Crippen MR) is 362 cm³/mol. The average molecular weight is 1160 g/mol. The molecule has 0 fully saturated rings. The van der Waals surface area contributed by atoms with Gasteiger partial charge in [-0.2, -0.15) is 0 Å². The van der Waals surface area contributed by atoms with Gasteiger partial charge >= 0.3 is 17.9 Å². The number of carbonyl (C=O) groups is 3. The molecule has 0 aliphatic rings. The van der Waals surface area contributed by atoms with Crippen LogP contribution in [0.2, 0.25) is 0 Å². The van der Waals surface area contributed by atoms with E-state index in [1.165, 1.54) is 257 Å². The van der Waals surface area contributed by atoms with Crippen LogP contribution in [0.15, 0.2) is 60.8 Å². The molecule has 0 rings (SSSR count). The maximum atomic E-state index is 12.9. The molecule has 0 N–H and O–H groups in total.